The molecule has 0 aromatic heterocycles. The first-order chi connectivity index (χ1) is 8.22. The molecular formula is C14H24ClNO2. The molecule has 0 aliphatic heterocycles. The normalized spacial score (nSPS) is 12.0. The summed E-state index contributed by atoms with van der Waals surface area (Å²) in [5, 5.41) is 12.5. The van der Waals surface area contributed by atoms with Crippen molar-refractivity contribution >= 4 is 12.4 Å². The van der Waals surface area contributed by atoms with E-state index in [0.29, 0.717) is 12.5 Å². The Labute approximate surface area is 116 Å². The first kappa shape index (κ1) is 17.2. The van der Waals surface area contributed by atoms with Gasteiger partial charge in [0, 0.05) is 0 Å². The van der Waals surface area contributed by atoms with Gasteiger partial charge in [-0.05, 0) is 31.0 Å². The van der Waals surface area contributed by atoms with Gasteiger partial charge in [0.25, 0.3) is 0 Å². The molecule has 1 aromatic carbocycles. The highest BCUT2D eigenvalue weighted by molar-refractivity contribution is 5.85. The van der Waals surface area contributed by atoms with Crippen LogP contribution in [0.25, 0.3) is 0 Å². The quantitative estimate of drug-likeness (QED) is 0.765. The number of nitrogens with one attached hydrogen (secondary N) is 1. The molecule has 0 amide bonds. The lowest BCUT2D eigenvalue weighted by atomic mass is 10.1. The molecule has 1 atom stereocenters. The Morgan fingerprint density at radius 2 is 1.89 bits per heavy atom. The second kappa shape index (κ2) is 10.2. The zero-order valence-electron chi connectivity index (χ0n) is 11.1. The van der Waals surface area contributed by atoms with E-state index in [-0.39, 0.29) is 25.1 Å². The number of hydrogen-bond acceptors (Lipinski definition) is 3. The van der Waals surface area contributed by atoms with Gasteiger partial charge in [-0.1, -0.05) is 32.0 Å². The molecule has 0 bridgehead atoms. The third kappa shape index (κ3) is 7.54. The van der Waals surface area contributed by atoms with Crippen LogP contribution in [0.3, 0.4) is 0 Å². The predicted molar refractivity (Wildman–Crippen MR) is 77.5 cm³/mol. The molecule has 0 heterocycles. The maximum atomic E-state index is 9.23. The van der Waals surface area contributed by atoms with Crippen LogP contribution in [0, 0.1) is 5.92 Å². The third-order valence-electron chi connectivity index (χ3n) is 2.57. The van der Waals surface area contributed by atoms with Crippen LogP contribution in [-0.4, -0.2) is 30.9 Å². The first-order valence-electron chi connectivity index (χ1n) is 6.24. The van der Waals surface area contributed by atoms with Crippen LogP contribution >= 0.6 is 12.4 Å². The molecule has 1 aromatic rings. The number of hydrogen-bond donors (Lipinski definition) is 2. The molecule has 1 rings (SSSR count). The van der Waals surface area contributed by atoms with Gasteiger partial charge in [0.05, 0.1) is 12.6 Å². The third-order valence-corrected chi connectivity index (χ3v) is 2.57. The van der Waals surface area contributed by atoms with Crippen LogP contribution in [0.2, 0.25) is 0 Å². The second-order valence-electron chi connectivity index (χ2n) is 4.64. The van der Waals surface area contributed by atoms with Gasteiger partial charge in [-0.2, -0.15) is 0 Å². The maximum Gasteiger partial charge on any atom is 0.119 e. The molecule has 0 aliphatic rings. The number of para-hydroxylation sites is 1. The van der Waals surface area contributed by atoms with E-state index in [9.17, 15) is 5.11 Å². The van der Waals surface area contributed by atoms with Crippen molar-refractivity contribution in [2.75, 3.05) is 19.8 Å². The van der Waals surface area contributed by atoms with Gasteiger partial charge in [0.1, 0.15) is 12.4 Å². The number of benzene rings is 1. The summed E-state index contributed by atoms with van der Waals surface area (Å²) >= 11 is 0. The van der Waals surface area contributed by atoms with Crippen LogP contribution in [0.1, 0.15) is 20.3 Å². The minimum Gasteiger partial charge on any atom is -0.492 e. The molecule has 18 heavy (non-hydrogen) atoms. The molecule has 104 valence electrons. The molecule has 0 saturated carbocycles. The summed E-state index contributed by atoms with van der Waals surface area (Å²) in [5.74, 6) is 1.52. The van der Waals surface area contributed by atoms with E-state index in [1.54, 1.807) is 0 Å². The zero-order chi connectivity index (χ0) is 12.5. The number of ether oxygens (including phenoxy) is 1. The van der Waals surface area contributed by atoms with E-state index in [1.807, 2.05) is 30.3 Å². The van der Waals surface area contributed by atoms with E-state index in [2.05, 4.69) is 19.2 Å². The van der Waals surface area contributed by atoms with Crippen molar-refractivity contribution in [1.29, 1.82) is 0 Å². The molecule has 0 spiro atoms. The van der Waals surface area contributed by atoms with E-state index < -0.39 is 0 Å². The molecule has 2 N–H and O–H groups in total. The van der Waals surface area contributed by atoms with Gasteiger partial charge in [0.15, 0.2) is 0 Å². The van der Waals surface area contributed by atoms with Crippen LogP contribution in [0.15, 0.2) is 30.3 Å². The van der Waals surface area contributed by atoms with E-state index >= 15 is 0 Å². The highest BCUT2D eigenvalue weighted by atomic mass is 35.5. The van der Waals surface area contributed by atoms with Crippen molar-refractivity contribution in [3.8, 4) is 5.75 Å². The standard InChI is InChI=1S/C14H23NO2.ClH/c1-12(2)8-9-15-13(10-16)11-17-14-6-4-3-5-7-14;/h3-7,12-13,15-16H,8-11H2,1-2H3;1H/t13-;/m1./s1. The van der Waals surface area contributed by atoms with Gasteiger partial charge < -0.3 is 15.2 Å². The predicted octanol–water partition coefficient (Wildman–Crippen LogP) is 2.48. The SMILES string of the molecule is CC(C)CCN[C@H](CO)COc1ccccc1.Cl. The number of rotatable bonds is 8. The van der Waals surface area contributed by atoms with Crippen LogP contribution in [0.5, 0.6) is 5.75 Å². The zero-order valence-corrected chi connectivity index (χ0v) is 12.0. The molecule has 3 nitrogen and oxygen atoms in total. The van der Waals surface area contributed by atoms with Gasteiger partial charge in [-0.15, -0.1) is 12.4 Å². The average molecular weight is 274 g/mol. The summed E-state index contributed by atoms with van der Waals surface area (Å²) in [4.78, 5) is 0. The Bertz CT molecular complexity index is 293. The van der Waals surface area contributed by atoms with Gasteiger partial charge in [0.2, 0.25) is 0 Å². The smallest absolute Gasteiger partial charge is 0.119 e. The van der Waals surface area contributed by atoms with Gasteiger partial charge >= 0.3 is 0 Å². The minimum absolute atomic E-state index is 0. The highest BCUT2D eigenvalue weighted by Crippen LogP contribution is 2.08. The van der Waals surface area contributed by atoms with Gasteiger partial charge in [-0.25, -0.2) is 0 Å². The molecule has 4 heteroatoms. The van der Waals surface area contributed by atoms with Crippen molar-refractivity contribution in [3.63, 3.8) is 0 Å². The summed E-state index contributed by atoms with van der Waals surface area (Å²) in [5.41, 5.74) is 0. The van der Waals surface area contributed by atoms with Crippen molar-refractivity contribution in [2.24, 2.45) is 5.92 Å². The summed E-state index contributed by atoms with van der Waals surface area (Å²) < 4.78 is 5.59. The van der Waals surface area contributed by atoms with E-state index in [4.69, 9.17) is 4.74 Å². The van der Waals surface area contributed by atoms with Crippen LogP contribution < -0.4 is 10.1 Å². The van der Waals surface area contributed by atoms with Crippen molar-refractivity contribution < 1.29 is 9.84 Å². The molecule has 0 fully saturated rings. The molecule has 0 saturated heterocycles. The molecule has 0 radical (unpaired) electrons. The first-order valence-corrected chi connectivity index (χ1v) is 6.24. The van der Waals surface area contributed by atoms with E-state index in [0.717, 1.165) is 18.7 Å². The Morgan fingerprint density at radius 3 is 2.44 bits per heavy atom. The molecular weight excluding hydrogens is 250 g/mol. The molecule has 0 aliphatic carbocycles. The Morgan fingerprint density at radius 1 is 1.22 bits per heavy atom. The largest absolute Gasteiger partial charge is 0.492 e. The fourth-order valence-electron chi connectivity index (χ4n) is 1.47. The lowest BCUT2D eigenvalue weighted by Crippen LogP contribution is -2.38. The fraction of sp³-hybridized carbons (Fsp3) is 0.571. The Hall–Kier alpha value is -0.770. The topological polar surface area (TPSA) is 41.5 Å². The Balaban J connectivity index is 0.00000289. The second-order valence-corrected chi connectivity index (χ2v) is 4.64. The van der Waals surface area contributed by atoms with Crippen LogP contribution in [0.4, 0.5) is 0 Å². The van der Waals surface area contributed by atoms with Crippen molar-refractivity contribution in [3.05, 3.63) is 30.3 Å². The maximum absolute atomic E-state index is 9.23. The molecule has 0 unspecified atom stereocenters. The summed E-state index contributed by atoms with van der Waals surface area (Å²) in [6.45, 7) is 5.90. The lowest BCUT2D eigenvalue weighted by Gasteiger charge is -2.17. The summed E-state index contributed by atoms with van der Waals surface area (Å²) in [6, 6.07) is 9.68. The van der Waals surface area contributed by atoms with Crippen LogP contribution in [-0.2, 0) is 0 Å². The van der Waals surface area contributed by atoms with Crippen molar-refractivity contribution in [1.82, 2.24) is 5.32 Å². The summed E-state index contributed by atoms with van der Waals surface area (Å²) in [7, 11) is 0. The summed E-state index contributed by atoms with van der Waals surface area (Å²) in [6.07, 6.45) is 1.11. The average Bonchev–Trinajstić information content (AvgIpc) is 2.34. The Kier molecular flexibility index (Phi) is 9.74. The monoisotopic (exact) mass is 273 g/mol. The number of aliphatic hydroxyl groups is 1. The number of aliphatic hydroxyl groups excluding tert-OH is 1. The lowest BCUT2D eigenvalue weighted by molar-refractivity contribution is 0.182. The van der Waals surface area contributed by atoms with E-state index in [1.165, 1.54) is 0 Å². The highest BCUT2D eigenvalue weighted by Gasteiger charge is 2.07. The number of halogens is 1. The fourth-order valence-corrected chi connectivity index (χ4v) is 1.47. The van der Waals surface area contributed by atoms with Crippen molar-refractivity contribution in [2.45, 2.75) is 26.3 Å². The minimum atomic E-state index is 0. The van der Waals surface area contributed by atoms with Gasteiger partial charge in [-0.3, -0.25) is 0 Å².